The molecule has 0 spiro atoms. The number of amidine groups is 1. The van der Waals surface area contributed by atoms with Crippen molar-refractivity contribution < 1.29 is 5.11 Å². The first kappa shape index (κ1) is 12.1. The Hall–Kier alpha value is -1.35. The van der Waals surface area contributed by atoms with E-state index in [1.165, 1.54) is 18.4 Å². The normalized spacial score (nSPS) is 17.4. The number of aliphatic hydroxyl groups excluding tert-OH is 1. The third-order valence-electron chi connectivity index (χ3n) is 3.04. The number of nitrogens with one attached hydrogen (secondary N) is 1. The average molecular weight is 232 g/mol. The van der Waals surface area contributed by atoms with Crippen LogP contribution in [0.1, 0.15) is 24.8 Å². The van der Waals surface area contributed by atoms with Gasteiger partial charge in [0.05, 0.1) is 18.5 Å². The van der Waals surface area contributed by atoms with Crippen LogP contribution in [-0.2, 0) is 6.42 Å². The van der Waals surface area contributed by atoms with Crippen LogP contribution in [0.25, 0.3) is 0 Å². The Bertz CT molecular complexity index is 362. The van der Waals surface area contributed by atoms with Crippen molar-refractivity contribution >= 4 is 5.84 Å². The van der Waals surface area contributed by atoms with E-state index in [2.05, 4.69) is 22.4 Å². The standard InChI is InChI=1S/C14H20N2O/c17-11-13(10-12-6-2-1-3-7-12)16-14-8-4-5-9-15-14/h1-3,6-7,13,17H,4-5,8-11H2,(H,15,16). The summed E-state index contributed by atoms with van der Waals surface area (Å²) >= 11 is 0. The number of hydrogen-bond acceptors (Lipinski definition) is 3. The molecule has 0 aromatic heterocycles. The van der Waals surface area contributed by atoms with Gasteiger partial charge in [-0.2, -0.15) is 0 Å². The highest BCUT2D eigenvalue weighted by Gasteiger charge is 2.12. The number of hydrogen-bond donors (Lipinski definition) is 2. The van der Waals surface area contributed by atoms with Gasteiger partial charge in [0, 0.05) is 13.0 Å². The van der Waals surface area contributed by atoms with Crippen molar-refractivity contribution in [2.75, 3.05) is 13.2 Å². The van der Waals surface area contributed by atoms with Crippen molar-refractivity contribution in [3.8, 4) is 0 Å². The summed E-state index contributed by atoms with van der Waals surface area (Å²) in [5.41, 5.74) is 1.25. The molecule has 1 unspecified atom stereocenters. The van der Waals surface area contributed by atoms with Crippen LogP contribution in [0.5, 0.6) is 0 Å². The molecule has 0 saturated carbocycles. The van der Waals surface area contributed by atoms with Gasteiger partial charge in [-0.05, 0) is 24.8 Å². The van der Waals surface area contributed by atoms with Crippen LogP contribution in [0.3, 0.4) is 0 Å². The highest BCUT2D eigenvalue weighted by atomic mass is 16.3. The maximum atomic E-state index is 9.40. The van der Waals surface area contributed by atoms with E-state index >= 15 is 0 Å². The summed E-state index contributed by atoms with van der Waals surface area (Å²) in [6, 6.07) is 10.3. The van der Waals surface area contributed by atoms with Gasteiger partial charge < -0.3 is 10.4 Å². The summed E-state index contributed by atoms with van der Waals surface area (Å²) in [6.07, 6.45) is 4.25. The van der Waals surface area contributed by atoms with E-state index in [9.17, 15) is 5.11 Å². The Labute approximate surface area is 103 Å². The van der Waals surface area contributed by atoms with E-state index < -0.39 is 0 Å². The van der Waals surface area contributed by atoms with E-state index in [4.69, 9.17) is 0 Å². The molecule has 1 atom stereocenters. The lowest BCUT2D eigenvalue weighted by Crippen LogP contribution is -2.40. The zero-order valence-electron chi connectivity index (χ0n) is 10.1. The summed E-state index contributed by atoms with van der Waals surface area (Å²) in [7, 11) is 0. The van der Waals surface area contributed by atoms with E-state index in [0.29, 0.717) is 0 Å². The fraction of sp³-hybridized carbons (Fsp3) is 0.500. The molecule has 0 radical (unpaired) electrons. The van der Waals surface area contributed by atoms with Crippen molar-refractivity contribution in [2.24, 2.45) is 4.99 Å². The fourth-order valence-corrected chi connectivity index (χ4v) is 2.11. The van der Waals surface area contributed by atoms with Crippen LogP contribution >= 0.6 is 0 Å². The molecule has 1 aliphatic heterocycles. The predicted octanol–water partition coefficient (Wildman–Crippen LogP) is 1.76. The fourth-order valence-electron chi connectivity index (χ4n) is 2.11. The van der Waals surface area contributed by atoms with Crippen LogP contribution in [0, 0.1) is 0 Å². The van der Waals surface area contributed by atoms with Crippen molar-refractivity contribution in [3.63, 3.8) is 0 Å². The monoisotopic (exact) mass is 232 g/mol. The number of aliphatic imine (C=N–C) groups is 1. The molecular weight excluding hydrogens is 212 g/mol. The summed E-state index contributed by atoms with van der Waals surface area (Å²) < 4.78 is 0. The van der Waals surface area contributed by atoms with Gasteiger partial charge >= 0.3 is 0 Å². The van der Waals surface area contributed by atoms with E-state index in [-0.39, 0.29) is 12.6 Å². The van der Waals surface area contributed by atoms with Gasteiger partial charge in [0.15, 0.2) is 0 Å². The maximum absolute atomic E-state index is 9.40. The molecule has 2 rings (SSSR count). The molecule has 1 heterocycles. The Morgan fingerprint density at radius 3 is 2.71 bits per heavy atom. The highest BCUT2D eigenvalue weighted by molar-refractivity contribution is 5.82. The molecule has 0 fully saturated rings. The molecule has 0 amide bonds. The molecular formula is C14H20N2O. The molecule has 2 N–H and O–H groups in total. The molecule has 17 heavy (non-hydrogen) atoms. The number of nitrogens with zero attached hydrogens (tertiary/aromatic N) is 1. The first-order chi connectivity index (χ1) is 8.38. The quantitative estimate of drug-likeness (QED) is 0.831. The lowest BCUT2D eigenvalue weighted by molar-refractivity contribution is 0.254. The number of aliphatic hydroxyl groups is 1. The summed E-state index contributed by atoms with van der Waals surface area (Å²) in [5, 5.41) is 12.8. The summed E-state index contributed by atoms with van der Waals surface area (Å²) in [4.78, 5) is 4.45. The van der Waals surface area contributed by atoms with Crippen molar-refractivity contribution in [2.45, 2.75) is 31.7 Å². The minimum Gasteiger partial charge on any atom is -0.394 e. The van der Waals surface area contributed by atoms with Gasteiger partial charge in [-0.1, -0.05) is 30.3 Å². The third kappa shape index (κ3) is 3.86. The lowest BCUT2D eigenvalue weighted by Gasteiger charge is -2.21. The Kier molecular flexibility index (Phi) is 4.56. The molecule has 1 aromatic carbocycles. The lowest BCUT2D eigenvalue weighted by atomic mass is 10.1. The van der Waals surface area contributed by atoms with Crippen molar-refractivity contribution in [1.29, 1.82) is 0 Å². The molecule has 3 heteroatoms. The molecule has 0 bridgehead atoms. The molecule has 0 saturated heterocycles. The van der Waals surface area contributed by atoms with Crippen molar-refractivity contribution in [1.82, 2.24) is 5.32 Å². The summed E-state index contributed by atoms with van der Waals surface area (Å²) in [5.74, 6) is 1.06. The molecule has 1 aromatic rings. The maximum Gasteiger partial charge on any atom is 0.0966 e. The zero-order chi connectivity index (χ0) is 11.9. The van der Waals surface area contributed by atoms with Crippen LogP contribution in [0.4, 0.5) is 0 Å². The Balaban J connectivity index is 1.90. The summed E-state index contributed by atoms with van der Waals surface area (Å²) in [6.45, 7) is 1.07. The topological polar surface area (TPSA) is 44.6 Å². The highest BCUT2D eigenvalue weighted by Crippen LogP contribution is 2.07. The van der Waals surface area contributed by atoms with Gasteiger partial charge in [0.2, 0.25) is 0 Å². The predicted molar refractivity (Wildman–Crippen MR) is 70.3 cm³/mol. The van der Waals surface area contributed by atoms with Gasteiger partial charge in [0.25, 0.3) is 0 Å². The van der Waals surface area contributed by atoms with Crippen LogP contribution in [-0.4, -0.2) is 30.1 Å². The van der Waals surface area contributed by atoms with Gasteiger partial charge in [-0.25, -0.2) is 0 Å². The largest absolute Gasteiger partial charge is 0.394 e. The number of benzene rings is 1. The second-order valence-electron chi connectivity index (χ2n) is 4.50. The van der Waals surface area contributed by atoms with Crippen LogP contribution < -0.4 is 5.32 Å². The first-order valence-corrected chi connectivity index (χ1v) is 6.33. The minimum absolute atomic E-state index is 0.0780. The Morgan fingerprint density at radius 2 is 2.06 bits per heavy atom. The van der Waals surface area contributed by atoms with E-state index in [1.807, 2.05) is 18.2 Å². The van der Waals surface area contributed by atoms with Crippen LogP contribution in [0.15, 0.2) is 35.3 Å². The van der Waals surface area contributed by atoms with Gasteiger partial charge in [-0.3, -0.25) is 4.99 Å². The third-order valence-corrected chi connectivity index (χ3v) is 3.04. The second-order valence-corrected chi connectivity index (χ2v) is 4.50. The zero-order valence-corrected chi connectivity index (χ0v) is 10.1. The van der Waals surface area contributed by atoms with E-state index in [0.717, 1.165) is 25.2 Å². The molecule has 1 aliphatic rings. The second kappa shape index (κ2) is 6.40. The van der Waals surface area contributed by atoms with Gasteiger partial charge in [0.1, 0.15) is 0 Å². The molecule has 92 valence electrons. The SMILES string of the molecule is OCC(Cc1ccccc1)NC1=NCCCC1. The molecule has 0 aliphatic carbocycles. The van der Waals surface area contributed by atoms with Crippen LogP contribution in [0.2, 0.25) is 0 Å². The van der Waals surface area contributed by atoms with Crippen molar-refractivity contribution in [3.05, 3.63) is 35.9 Å². The van der Waals surface area contributed by atoms with Gasteiger partial charge in [-0.15, -0.1) is 0 Å². The molecule has 3 nitrogen and oxygen atoms in total. The first-order valence-electron chi connectivity index (χ1n) is 6.33. The Morgan fingerprint density at radius 1 is 1.24 bits per heavy atom. The van der Waals surface area contributed by atoms with E-state index in [1.54, 1.807) is 0 Å². The number of rotatable bonds is 4. The smallest absolute Gasteiger partial charge is 0.0966 e. The average Bonchev–Trinajstić information content (AvgIpc) is 2.40. The minimum atomic E-state index is 0.0780.